The molecule has 128 valence electrons. The van der Waals surface area contributed by atoms with Gasteiger partial charge in [0.1, 0.15) is 0 Å². The Balaban J connectivity index is 1.76. The maximum absolute atomic E-state index is 12.7. The van der Waals surface area contributed by atoms with Gasteiger partial charge in [-0.15, -0.1) is 0 Å². The smallest absolute Gasteiger partial charge is 0.183 e. The summed E-state index contributed by atoms with van der Waals surface area (Å²) in [5.41, 5.74) is 6.72. The topological polar surface area (TPSA) is 34.0 Å². The summed E-state index contributed by atoms with van der Waals surface area (Å²) in [6, 6.07) is 8.81. The summed E-state index contributed by atoms with van der Waals surface area (Å²) in [6.07, 6.45) is 5.09. The van der Waals surface area contributed by atoms with Crippen molar-refractivity contribution in [3.05, 3.63) is 52.3 Å². The van der Waals surface area contributed by atoms with E-state index in [4.69, 9.17) is 0 Å². The number of anilines is 1. The molecule has 0 atom stereocenters. The normalized spacial score (nSPS) is 15.0. The molecule has 0 unspecified atom stereocenters. The van der Waals surface area contributed by atoms with Gasteiger partial charge in [0.15, 0.2) is 5.78 Å². The quantitative estimate of drug-likeness (QED) is 0.773. The molecule has 1 fully saturated rings. The van der Waals surface area contributed by atoms with Crippen LogP contribution in [0, 0.1) is 27.7 Å². The van der Waals surface area contributed by atoms with Gasteiger partial charge in [-0.1, -0.05) is 25.0 Å². The third-order valence-electron chi connectivity index (χ3n) is 5.52. The van der Waals surface area contributed by atoms with E-state index in [-0.39, 0.29) is 5.78 Å². The summed E-state index contributed by atoms with van der Waals surface area (Å²) in [4.78, 5) is 12.7. The minimum atomic E-state index is 0.174. The highest BCUT2D eigenvalue weighted by molar-refractivity contribution is 6.00. The van der Waals surface area contributed by atoms with Crippen molar-refractivity contribution >= 4 is 11.5 Å². The monoisotopic (exact) mass is 324 g/mol. The van der Waals surface area contributed by atoms with E-state index < -0.39 is 0 Å². The van der Waals surface area contributed by atoms with Crippen LogP contribution in [0.15, 0.2) is 24.3 Å². The molecule has 24 heavy (non-hydrogen) atoms. The van der Waals surface area contributed by atoms with Crippen LogP contribution in [0.2, 0.25) is 0 Å². The number of rotatable bonds is 5. The van der Waals surface area contributed by atoms with Crippen molar-refractivity contribution < 1.29 is 4.79 Å². The Morgan fingerprint density at radius 2 is 1.88 bits per heavy atom. The number of aromatic nitrogens is 1. The number of carbonyl (C=O) groups excluding carboxylic acids is 1. The summed E-state index contributed by atoms with van der Waals surface area (Å²) in [6.45, 7) is 8.75. The van der Waals surface area contributed by atoms with Gasteiger partial charge in [0.05, 0.1) is 6.54 Å². The fourth-order valence-corrected chi connectivity index (χ4v) is 4.00. The molecular weight excluding hydrogens is 296 g/mol. The molecule has 3 rings (SSSR count). The zero-order valence-electron chi connectivity index (χ0n) is 15.3. The van der Waals surface area contributed by atoms with E-state index >= 15 is 0 Å². The number of aryl methyl sites for hydroxylation is 2. The SMILES string of the molecule is Cc1cccc(NCC(=O)c2cc(C)n(C3CCCC3)c2C)c1C. The molecule has 0 spiro atoms. The first-order valence-electron chi connectivity index (χ1n) is 9.00. The van der Waals surface area contributed by atoms with Crippen LogP contribution in [0.25, 0.3) is 0 Å². The maximum atomic E-state index is 12.7. The molecule has 1 saturated carbocycles. The highest BCUT2D eigenvalue weighted by Crippen LogP contribution is 2.33. The third-order valence-corrected chi connectivity index (χ3v) is 5.52. The molecule has 0 bridgehead atoms. The summed E-state index contributed by atoms with van der Waals surface area (Å²) in [7, 11) is 0. The molecule has 1 aromatic heterocycles. The lowest BCUT2D eigenvalue weighted by atomic mass is 10.1. The first kappa shape index (κ1) is 16.8. The van der Waals surface area contributed by atoms with Crippen molar-refractivity contribution in [2.24, 2.45) is 0 Å². The van der Waals surface area contributed by atoms with E-state index in [0.717, 1.165) is 16.9 Å². The average Bonchev–Trinajstić information content (AvgIpc) is 3.16. The van der Waals surface area contributed by atoms with E-state index in [1.165, 1.54) is 42.5 Å². The molecule has 2 aromatic rings. The Bertz CT molecular complexity index is 751. The van der Waals surface area contributed by atoms with Crippen LogP contribution >= 0.6 is 0 Å². The number of Topliss-reactive ketones (excluding diaryl/α,β-unsaturated/α-hetero) is 1. The van der Waals surface area contributed by atoms with Gasteiger partial charge in [-0.25, -0.2) is 0 Å². The third kappa shape index (κ3) is 3.12. The number of nitrogens with one attached hydrogen (secondary N) is 1. The molecule has 1 aliphatic carbocycles. The van der Waals surface area contributed by atoms with Crippen LogP contribution in [0.5, 0.6) is 0 Å². The summed E-state index contributed by atoms with van der Waals surface area (Å²) in [5.74, 6) is 0.174. The van der Waals surface area contributed by atoms with Crippen molar-refractivity contribution in [1.29, 1.82) is 0 Å². The van der Waals surface area contributed by atoms with Crippen molar-refractivity contribution in [2.45, 2.75) is 59.4 Å². The van der Waals surface area contributed by atoms with Crippen LogP contribution < -0.4 is 5.32 Å². The van der Waals surface area contributed by atoms with E-state index in [1.807, 2.05) is 12.1 Å². The van der Waals surface area contributed by atoms with Gasteiger partial charge >= 0.3 is 0 Å². The van der Waals surface area contributed by atoms with Crippen LogP contribution in [-0.4, -0.2) is 16.9 Å². The second-order valence-electron chi connectivity index (χ2n) is 7.12. The lowest BCUT2D eigenvalue weighted by Gasteiger charge is -2.17. The average molecular weight is 324 g/mol. The minimum absolute atomic E-state index is 0.174. The van der Waals surface area contributed by atoms with Crippen LogP contribution in [0.1, 0.15) is 64.6 Å². The van der Waals surface area contributed by atoms with E-state index in [0.29, 0.717) is 12.6 Å². The second kappa shape index (κ2) is 6.84. The molecule has 0 amide bonds. The highest BCUT2D eigenvalue weighted by Gasteiger charge is 2.23. The number of hydrogen-bond donors (Lipinski definition) is 1. The lowest BCUT2D eigenvalue weighted by molar-refractivity contribution is 0.101. The highest BCUT2D eigenvalue weighted by atomic mass is 16.1. The predicted octanol–water partition coefficient (Wildman–Crippen LogP) is 5.13. The van der Waals surface area contributed by atoms with Crippen molar-refractivity contribution in [3.8, 4) is 0 Å². The summed E-state index contributed by atoms with van der Waals surface area (Å²) < 4.78 is 2.39. The molecule has 0 aliphatic heterocycles. The zero-order valence-corrected chi connectivity index (χ0v) is 15.3. The number of benzene rings is 1. The van der Waals surface area contributed by atoms with E-state index in [2.05, 4.69) is 49.7 Å². The number of hydrogen-bond acceptors (Lipinski definition) is 2. The second-order valence-corrected chi connectivity index (χ2v) is 7.12. The predicted molar refractivity (Wildman–Crippen MR) is 100 cm³/mol. The standard InChI is InChI=1S/C21H28N2O/c1-14-8-7-11-20(16(14)3)22-13-21(24)19-12-15(2)23(17(19)4)18-9-5-6-10-18/h7-8,11-12,18,22H,5-6,9-10,13H2,1-4H3. The first-order valence-corrected chi connectivity index (χ1v) is 9.00. The van der Waals surface area contributed by atoms with E-state index in [1.54, 1.807) is 0 Å². The van der Waals surface area contributed by atoms with Gasteiger partial charge in [0.2, 0.25) is 0 Å². The number of nitrogens with zero attached hydrogens (tertiary/aromatic N) is 1. The molecule has 1 N–H and O–H groups in total. The van der Waals surface area contributed by atoms with Crippen molar-refractivity contribution in [1.82, 2.24) is 4.57 Å². The minimum Gasteiger partial charge on any atom is -0.377 e. The Kier molecular flexibility index (Phi) is 4.79. The molecule has 1 aliphatic rings. The number of carbonyl (C=O) groups is 1. The summed E-state index contributed by atoms with van der Waals surface area (Å²) >= 11 is 0. The van der Waals surface area contributed by atoms with Crippen LogP contribution in [-0.2, 0) is 0 Å². The van der Waals surface area contributed by atoms with Gasteiger partial charge < -0.3 is 9.88 Å². The van der Waals surface area contributed by atoms with Crippen LogP contribution in [0.4, 0.5) is 5.69 Å². The van der Waals surface area contributed by atoms with Gasteiger partial charge in [-0.05, 0) is 63.8 Å². The van der Waals surface area contributed by atoms with Crippen molar-refractivity contribution in [2.75, 3.05) is 11.9 Å². The zero-order chi connectivity index (χ0) is 17.3. The molecule has 0 radical (unpaired) electrons. The molecule has 3 heteroatoms. The Morgan fingerprint density at radius 1 is 1.17 bits per heavy atom. The van der Waals surface area contributed by atoms with E-state index in [9.17, 15) is 4.79 Å². The van der Waals surface area contributed by atoms with Gasteiger partial charge in [0, 0.05) is 28.7 Å². The van der Waals surface area contributed by atoms with Gasteiger partial charge in [-0.3, -0.25) is 4.79 Å². The molecule has 0 saturated heterocycles. The Morgan fingerprint density at radius 3 is 2.58 bits per heavy atom. The molecule has 1 aromatic carbocycles. The first-order chi connectivity index (χ1) is 11.5. The molecule has 1 heterocycles. The largest absolute Gasteiger partial charge is 0.377 e. The molecular formula is C21H28N2O. The van der Waals surface area contributed by atoms with Crippen LogP contribution in [0.3, 0.4) is 0 Å². The Hall–Kier alpha value is -2.03. The molecule has 3 nitrogen and oxygen atoms in total. The van der Waals surface area contributed by atoms with Gasteiger partial charge in [-0.2, -0.15) is 0 Å². The summed E-state index contributed by atoms with van der Waals surface area (Å²) in [5, 5.41) is 3.32. The van der Waals surface area contributed by atoms with Crippen molar-refractivity contribution in [3.63, 3.8) is 0 Å². The van der Waals surface area contributed by atoms with Gasteiger partial charge in [0.25, 0.3) is 0 Å². The number of ketones is 1. The lowest BCUT2D eigenvalue weighted by Crippen LogP contribution is -2.16. The Labute approximate surface area is 145 Å². The fourth-order valence-electron chi connectivity index (χ4n) is 4.00. The fraction of sp³-hybridized carbons (Fsp3) is 0.476. The maximum Gasteiger partial charge on any atom is 0.183 e.